The SMILES string of the molecule is COC(=O)CCCCCO[C@H]1O[C@H](CO)[C@@H](O)[C@H](O)[C@@H]1O. The van der Waals surface area contributed by atoms with Crippen LogP contribution < -0.4 is 0 Å². The minimum absolute atomic E-state index is 0.259. The Bertz CT molecular complexity index is 309. The van der Waals surface area contributed by atoms with Crippen molar-refractivity contribution in [1.29, 1.82) is 0 Å². The summed E-state index contributed by atoms with van der Waals surface area (Å²) in [6, 6.07) is 0. The molecule has 0 amide bonds. The minimum atomic E-state index is -1.43. The van der Waals surface area contributed by atoms with Crippen LogP contribution in [0.15, 0.2) is 0 Å². The van der Waals surface area contributed by atoms with Gasteiger partial charge in [-0.2, -0.15) is 0 Å². The van der Waals surface area contributed by atoms with Crippen molar-refractivity contribution in [3.63, 3.8) is 0 Å². The molecule has 1 heterocycles. The summed E-state index contributed by atoms with van der Waals surface area (Å²) >= 11 is 0. The first-order valence-corrected chi connectivity index (χ1v) is 7.00. The third kappa shape index (κ3) is 5.50. The highest BCUT2D eigenvalue weighted by Gasteiger charge is 2.43. The fourth-order valence-electron chi connectivity index (χ4n) is 2.05. The van der Waals surface area contributed by atoms with Crippen LogP contribution in [0.5, 0.6) is 0 Å². The van der Waals surface area contributed by atoms with Gasteiger partial charge in [-0.3, -0.25) is 4.79 Å². The minimum Gasteiger partial charge on any atom is -0.469 e. The predicted octanol–water partition coefficient (Wildman–Crippen LogP) is -1.46. The number of hydrogen-bond acceptors (Lipinski definition) is 8. The number of rotatable bonds is 8. The van der Waals surface area contributed by atoms with Gasteiger partial charge in [-0.1, -0.05) is 6.42 Å². The smallest absolute Gasteiger partial charge is 0.305 e. The van der Waals surface area contributed by atoms with Crippen LogP contribution in [0, 0.1) is 0 Å². The highest BCUT2D eigenvalue weighted by Crippen LogP contribution is 2.22. The van der Waals surface area contributed by atoms with Crippen molar-refractivity contribution >= 4 is 5.97 Å². The zero-order valence-corrected chi connectivity index (χ0v) is 12.1. The molecule has 0 bridgehead atoms. The van der Waals surface area contributed by atoms with Crippen LogP contribution >= 0.6 is 0 Å². The Labute approximate surface area is 123 Å². The quantitative estimate of drug-likeness (QED) is 0.316. The number of ether oxygens (including phenoxy) is 3. The van der Waals surface area contributed by atoms with E-state index in [9.17, 15) is 20.1 Å². The van der Waals surface area contributed by atoms with E-state index < -0.39 is 37.3 Å². The summed E-state index contributed by atoms with van der Waals surface area (Å²) in [5.41, 5.74) is 0. The molecule has 1 rings (SSSR count). The van der Waals surface area contributed by atoms with E-state index in [4.69, 9.17) is 14.6 Å². The summed E-state index contributed by atoms with van der Waals surface area (Å²) in [5.74, 6) is -0.259. The van der Waals surface area contributed by atoms with Gasteiger partial charge in [-0.15, -0.1) is 0 Å². The summed E-state index contributed by atoms with van der Waals surface area (Å²) in [7, 11) is 1.34. The van der Waals surface area contributed by atoms with Crippen molar-refractivity contribution in [2.75, 3.05) is 20.3 Å². The lowest BCUT2D eigenvalue weighted by Gasteiger charge is -2.39. The van der Waals surface area contributed by atoms with Crippen LogP contribution in [-0.2, 0) is 19.0 Å². The monoisotopic (exact) mass is 308 g/mol. The normalized spacial score (nSPS) is 32.9. The molecule has 5 atom stereocenters. The van der Waals surface area contributed by atoms with Crippen LogP contribution in [0.1, 0.15) is 25.7 Å². The second-order valence-electron chi connectivity index (χ2n) is 4.95. The molecular formula is C13H24O8. The molecule has 8 nitrogen and oxygen atoms in total. The van der Waals surface area contributed by atoms with E-state index >= 15 is 0 Å². The number of carbonyl (C=O) groups excluding carboxylic acids is 1. The standard InChI is InChI=1S/C13H24O8/c1-19-9(15)5-3-2-4-6-20-13-12(18)11(17)10(16)8(7-14)21-13/h8,10-14,16-18H,2-7H2,1H3/t8-,10-,11+,12+,13+/m1/s1. The maximum absolute atomic E-state index is 10.9. The number of carbonyl (C=O) groups is 1. The Morgan fingerprint density at radius 3 is 2.43 bits per heavy atom. The molecule has 21 heavy (non-hydrogen) atoms. The molecule has 1 saturated heterocycles. The van der Waals surface area contributed by atoms with Gasteiger partial charge in [0.15, 0.2) is 6.29 Å². The highest BCUT2D eigenvalue weighted by molar-refractivity contribution is 5.68. The molecule has 1 aliphatic rings. The summed E-state index contributed by atoms with van der Waals surface area (Å²) < 4.78 is 15.0. The maximum atomic E-state index is 10.9. The summed E-state index contributed by atoms with van der Waals surface area (Å²) in [6.07, 6.45) is -3.85. The van der Waals surface area contributed by atoms with Gasteiger partial charge in [0.25, 0.3) is 0 Å². The van der Waals surface area contributed by atoms with Crippen LogP contribution in [-0.4, -0.2) is 77.4 Å². The van der Waals surface area contributed by atoms with E-state index in [1.807, 2.05) is 0 Å². The topological polar surface area (TPSA) is 126 Å². The van der Waals surface area contributed by atoms with Gasteiger partial charge < -0.3 is 34.6 Å². The number of methoxy groups -OCH3 is 1. The summed E-state index contributed by atoms with van der Waals surface area (Å²) in [4.78, 5) is 10.9. The number of esters is 1. The lowest BCUT2D eigenvalue weighted by molar-refractivity contribution is -0.301. The molecule has 0 aliphatic carbocycles. The van der Waals surface area contributed by atoms with Gasteiger partial charge >= 0.3 is 5.97 Å². The number of aliphatic hydroxyl groups excluding tert-OH is 4. The molecule has 1 fully saturated rings. The van der Waals surface area contributed by atoms with Crippen LogP contribution in [0.4, 0.5) is 0 Å². The van der Waals surface area contributed by atoms with E-state index in [2.05, 4.69) is 4.74 Å². The second-order valence-corrected chi connectivity index (χ2v) is 4.95. The molecule has 0 aromatic rings. The average Bonchev–Trinajstić information content (AvgIpc) is 2.50. The van der Waals surface area contributed by atoms with E-state index in [1.54, 1.807) is 0 Å². The van der Waals surface area contributed by atoms with Gasteiger partial charge in [-0.05, 0) is 12.8 Å². The third-order valence-corrected chi connectivity index (χ3v) is 3.38. The number of aliphatic hydroxyl groups is 4. The van der Waals surface area contributed by atoms with Crippen molar-refractivity contribution in [2.45, 2.75) is 56.4 Å². The van der Waals surface area contributed by atoms with Crippen LogP contribution in [0.2, 0.25) is 0 Å². The average molecular weight is 308 g/mol. The highest BCUT2D eigenvalue weighted by atomic mass is 16.7. The van der Waals surface area contributed by atoms with Gasteiger partial charge in [0.05, 0.1) is 13.7 Å². The van der Waals surface area contributed by atoms with E-state index in [0.717, 1.165) is 6.42 Å². The van der Waals surface area contributed by atoms with E-state index in [0.29, 0.717) is 19.3 Å². The maximum Gasteiger partial charge on any atom is 0.305 e. The third-order valence-electron chi connectivity index (χ3n) is 3.38. The van der Waals surface area contributed by atoms with Crippen molar-refractivity contribution in [1.82, 2.24) is 0 Å². The lowest BCUT2D eigenvalue weighted by atomic mass is 9.99. The Morgan fingerprint density at radius 2 is 1.81 bits per heavy atom. The molecule has 0 aromatic carbocycles. The fraction of sp³-hybridized carbons (Fsp3) is 0.923. The van der Waals surface area contributed by atoms with Gasteiger partial charge in [0.1, 0.15) is 24.4 Å². The van der Waals surface area contributed by atoms with Crippen molar-refractivity contribution in [3.8, 4) is 0 Å². The molecule has 8 heteroatoms. The zero-order chi connectivity index (χ0) is 15.8. The largest absolute Gasteiger partial charge is 0.469 e. The Balaban J connectivity index is 2.23. The Morgan fingerprint density at radius 1 is 1.10 bits per heavy atom. The fourth-order valence-corrected chi connectivity index (χ4v) is 2.05. The first kappa shape index (κ1) is 18.3. The van der Waals surface area contributed by atoms with E-state index in [1.165, 1.54) is 7.11 Å². The van der Waals surface area contributed by atoms with Crippen molar-refractivity contribution in [3.05, 3.63) is 0 Å². The number of hydrogen-bond donors (Lipinski definition) is 4. The first-order valence-electron chi connectivity index (χ1n) is 7.00. The lowest BCUT2D eigenvalue weighted by Crippen LogP contribution is -2.59. The molecule has 0 unspecified atom stereocenters. The summed E-state index contributed by atoms with van der Waals surface area (Å²) in [5, 5.41) is 37.9. The predicted molar refractivity (Wildman–Crippen MR) is 70.2 cm³/mol. The zero-order valence-electron chi connectivity index (χ0n) is 12.1. The first-order chi connectivity index (χ1) is 10.0. The van der Waals surface area contributed by atoms with E-state index in [-0.39, 0.29) is 12.6 Å². The van der Waals surface area contributed by atoms with Crippen molar-refractivity contribution < 1.29 is 39.4 Å². The molecule has 1 aliphatic heterocycles. The molecule has 0 aromatic heterocycles. The molecule has 124 valence electrons. The number of unbranched alkanes of at least 4 members (excludes halogenated alkanes) is 2. The van der Waals surface area contributed by atoms with Gasteiger partial charge in [-0.25, -0.2) is 0 Å². The van der Waals surface area contributed by atoms with Crippen LogP contribution in [0.25, 0.3) is 0 Å². The Hall–Kier alpha value is -0.770. The molecule has 0 spiro atoms. The molecule has 0 saturated carbocycles. The van der Waals surface area contributed by atoms with Gasteiger partial charge in [0, 0.05) is 13.0 Å². The second kappa shape index (κ2) is 9.29. The van der Waals surface area contributed by atoms with Gasteiger partial charge in [0.2, 0.25) is 0 Å². The molecule has 4 N–H and O–H groups in total. The molecule has 0 radical (unpaired) electrons. The Kier molecular flexibility index (Phi) is 8.09. The van der Waals surface area contributed by atoms with Crippen LogP contribution in [0.3, 0.4) is 0 Å². The van der Waals surface area contributed by atoms with Crippen molar-refractivity contribution in [2.24, 2.45) is 0 Å². The summed E-state index contributed by atoms with van der Waals surface area (Å²) in [6.45, 7) is -0.214. The molecular weight excluding hydrogens is 284 g/mol.